The van der Waals surface area contributed by atoms with E-state index in [1.165, 1.54) is 11.8 Å². The molecule has 7 heteroatoms. The summed E-state index contributed by atoms with van der Waals surface area (Å²) in [6.45, 7) is 5.88. The maximum atomic E-state index is 11.0. The summed E-state index contributed by atoms with van der Waals surface area (Å²) in [6.07, 6.45) is 0.254. The number of nitrogens with zero attached hydrogens (tertiary/aromatic N) is 2. The Morgan fingerprint density at radius 2 is 1.94 bits per heavy atom. The summed E-state index contributed by atoms with van der Waals surface area (Å²) < 4.78 is 0. The zero-order valence-corrected chi connectivity index (χ0v) is 10.9. The molecule has 0 radical (unpaired) electrons. The van der Waals surface area contributed by atoms with Crippen molar-refractivity contribution in [3.05, 3.63) is 17.0 Å². The lowest BCUT2D eigenvalue weighted by molar-refractivity contribution is -0.150. The minimum absolute atomic E-state index is 0.254. The highest BCUT2D eigenvalue weighted by molar-refractivity contribution is 7.99. The fraction of sp³-hybridized carbons (Fsp3) is 0.500. The molecule has 0 aliphatic carbocycles. The van der Waals surface area contributed by atoms with E-state index in [4.69, 9.17) is 5.84 Å². The molecule has 0 aromatic carbocycles. The van der Waals surface area contributed by atoms with E-state index >= 15 is 0 Å². The molecular weight excluding hydrogens is 240 g/mol. The van der Waals surface area contributed by atoms with Crippen molar-refractivity contribution in [2.24, 2.45) is 5.84 Å². The highest BCUT2D eigenvalue weighted by Crippen LogP contribution is 2.17. The molecule has 0 unspecified atom stereocenters. The lowest BCUT2D eigenvalue weighted by Gasteiger charge is -2.06. The van der Waals surface area contributed by atoms with Gasteiger partial charge in [0.2, 0.25) is 0 Å². The van der Waals surface area contributed by atoms with Gasteiger partial charge in [-0.1, -0.05) is 17.4 Å². The van der Waals surface area contributed by atoms with E-state index in [-0.39, 0.29) is 6.42 Å². The third-order valence-corrected chi connectivity index (χ3v) is 3.17. The Kier molecular flexibility index (Phi) is 5.33. The Balaban J connectivity index is 2.50. The molecule has 0 aliphatic rings. The van der Waals surface area contributed by atoms with Crippen molar-refractivity contribution in [3.8, 4) is 0 Å². The molecule has 0 amide bonds. The van der Waals surface area contributed by atoms with Crippen molar-refractivity contribution >= 4 is 17.7 Å². The number of aromatic nitrogens is 2. The highest BCUT2D eigenvalue weighted by Gasteiger charge is 2.07. The molecule has 3 N–H and O–H groups in total. The van der Waals surface area contributed by atoms with Crippen molar-refractivity contribution in [2.45, 2.75) is 32.3 Å². The van der Waals surface area contributed by atoms with Crippen LogP contribution in [0.4, 0.5) is 0 Å². The molecule has 6 nitrogen and oxygen atoms in total. The first-order valence-corrected chi connectivity index (χ1v) is 6.13. The van der Waals surface area contributed by atoms with Crippen molar-refractivity contribution in [3.63, 3.8) is 0 Å². The number of carbonyl (C=O) groups is 1. The number of aryl methyl sites for hydroxylation is 2. The third-order valence-electron chi connectivity index (χ3n) is 2.32. The number of thioether (sulfide) groups is 1. The van der Waals surface area contributed by atoms with Crippen molar-refractivity contribution in [2.75, 3.05) is 5.75 Å². The van der Waals surface area contributed by atoms with Crippen LogP contribution in [0.25, 0.3) is 0 Å². The van der Waals surface area contributed by atoms with Gasteiger partial charge in [-0.15, -0.1) is 0 Å². The van der Waals surface area contributed by atoms with Gasteiger partial charge in [0.1, 0.15) is 0 Å². The first-order valence-electron chi connectivity index (χ1n) is 5.14. The van der Waals surface area contributed by atoms with Gasteiger partial charge in [0.05, 0.1) is 6.42 Å². The fourth-order valence-electron chi connectivity index (χ4n) is 1.15. The second-order valence-corrected chi connectivity index (χ2v) is 4.55. The number of hydrazine groups is 1. The number of nitrogens with one attached hydrogen (secondary N) is 1. The average molecular weight is 256 g/mol. The topological polar surface area (TPSA) is 90.1 Å². The summed E-state index contributed by atoms with van der Waals surface area (Å²) >= 11 is 1.42. The number of carbonyl (C=O) groups excluding carboxylic acids is 1. The molecule has 17 heavy (non-hydrogen) atoms. The van der Waals surface area contributed by atoms with E-state index in [0.29, 0.717) is 10.9 Å². The number of nitrogens with two attached hydrogens (primary N) is 1. The van der Waals surface area contributed by atoms with E-state index in [0.717, 1.165) is 17.0 Å². The van der Waals surface area contributed by atoms with Gasteiger partial charge in [0, 0.05) is 17.1 Å². The Morgan fingerprint density at radius 3 is 2.47 bits per heavy atom. The predicted octanol–water partition coefficient (Wildman–Crippen LogP) is 0.806. The SMILES string of the molecule is Cc1nc(SCCC(=O)ONN)nc(C)c1C. The standard InChI is InChI=1S/C10H16N4O2S/c1-6-7(2)12-10(13-8(6)3)17-5-4-9(15)16-14-11/h14H,4-5,11H2,1-3H3. The van der Waals surface area contributed by atoms with E-state index in [2.05, 4.69) is 14.8 Å². The summed E-state index contributed by atoms with van der Waals surface area (Å²) in [5, 5.41) is 0.680. The molecule has 0 fully saturated rings. The first kappa shape index (κ1) is 13.9. The van der Waals surface area contributed by atoms with Crippen LogP contribution < -0.4 is 11.4 Å². The van der Waals surface area contributed by atoms with Gasteiger partial charge in [-0.2, -0.15) is 0 Å². The third kappa shape index (κ3) is 4.29. The van der Waals surface area contributed by atoms with Crippen molar-refractivity contribution < 1.29 is 9.63 Å². The average Bonchev–Trinajstić information content (AvgIpc) is 2.26. The Labute approximate surface area is 104 Å². The predicted molar refractivity (Wildman–Crippen MR) is 65.0 cm³/mol. The minimum Gasteiger partial charge on any atom is -0.356 e. The molecule has 1 rings (SSSR count). The van der Waals surface area contributed by atoms with Gasteiger partial charge in [0.15, 0.2) is 5.16 Å². The van der Waals surface area contributed by atoms with Crippen LogP contribution >= 0.6 is 11.8 Å². The molecule has 0 saturated heterocycles. The zero-order valence-electron chi connectivity index (χ0n) is 10.1. The molecule has 1 aromatic rings. The second kappa shape index (κ2) is 6.53. The van der Waals surface area contributed by atoms with E-state index in [1.807, 2.05) is 26.4 Å². The second-order valence-electron chi connectivity index (χ2n) is 3.49. The first-order chi connectivity index (χ1) is 8.04. The molecule has 1 aromatic heterocycles. The largest absolute Gasteiger partial charge is 0.356 e. The summed E-state index contributed by atoms with van der Waals surface area (Å²) in [5.41, 5.74) is 4.88. The van der Waals surface area contributed by atoms with Gasteiger partial charge in [-0.05, 0) is 26.3 Å². The Hall–Kier alpha value is -1.18. The molecule has 94 valence electrons. The summed E-state index contributed by atoms with van der Waals surface area (Å²) in [5.74, 6) is 5.00. The number of hydrogen-bond acceptors (Lipinski definition) is 7. The summed E-state index contributed by atoms with van der Waals surface area (Å²) in [6, 6.07) is 0. The Bertz CT molecular complexity index is 388. The zero-order chi connectivity index (χ0) is 12.8. The van der Waals surface area contributed by atoms with E-state index in [1.54, 1.807) is 0 Å². The van der Waals surface area contributed by atoms with Gasteiger partial charge >= 0.3 is 5.97 Å². The van der Waals surface area contributed by atoms with Gasteiger partial charge < -0.3 is 4.84 Å². The number of rotatable bonds is 5. The minimum atomic E-state index is -0.402. The highest BCUT2D eigenvalue weighted by atomic mass is 32.2. The van der Waals surface area contributed by atoms with Crippen LogP contribution in [0.5, 0.6) is 0 Å². The van der Waals surface area contributed by atoms with Crippen LogP contribution in [0.2, 0.25) is 0 Å². The van der Waals surface area contributed by atoms with Crippen LogP contribution in [-0.2, 0) is 9.63 Å². The quantitative estimate of drug-likeness (QED) is 0.348. The fourth-order valence-corrected chi connectivity index (χ4v) is 2.00. The molecule has 0 bridgehead atoms. The van der Waals surface area contributed by atoms with Crippen molar-refractivity contribution in [1.29, 1.82) is 0 Å². The molecule has 1 heterocycles. The van der Waals surface area contributed by atoms with Crippen LogP contribution in [0.1, 0.15) is 23.4 Å². The molecule has 0 atom stereocenters. The lowest BCUT2D eigenvalue weighted by Crippen LogP contribution is -2.26. The van der Waals surface area contributed by atoms with E-state index in [9.17, 15) is 4.79 Å². The maximum absolute atomic E-state index is 11.0. The van der Waals surface area contributed by atoms with Crippen LogP contribution in [0.15, 0.2) is 5.16 Å². The monoisotopic (exact) mass is 256 g/mol. The molecule has 0 aliphatic heterocycles. The summed E-state index contributed by atoms with van der Waals surface area (Å²) in [7, 11) is 0. The Morgan fingerprint density at radius 1 is 1.35 bits per heavy atom. The normalized spacial score (nSPS) is 10.4. The van der Waals surface area contributed by atoms with Gasteiger partial charge in [0.25, 0.3) is 0 Å². The van der Waals surface area contributed by atoms with E-state index < -0.39 is 5.97 Å². The van der Waals surface area contributed by atoms with Crippen LogP contribution in [-0.4, -0.2) is 21.7 Å². The molecule has 0 saturated carbocycles. The summed E-state index contributed by atoms with van der Waals surface area (Å²) in [4.78, 5) is 24.1. The van der Waals surface area contributed by atoms with Crippen molar-refractivity contribution in [1.82, 2.24) is 15.6 Å². The molecular formula is C10H16N4O2S. The molecule has 0 spiro atoms. The van der Waals surface area contributed by atoms with Gasteiger partial charge in [-0.3, -0.25) is 4.79 Å². The number of hydrogen-bond donors (Lipinski definition) is 2. The van der Waals surface area contributed by atoms with Crippen LogP contribution in [0, 0.1) is 20.8 Å². The maximum Gasteiger partial charge on any atom is 0.327 e. The van der Waals surface area contributed by atoms with Gasteiger partial charge in [-0.25, -0.2) is 15.8 Å². The smallest absolute Gasteiger partial charge is 0.327 e. The lowest BCUT2D eigenvalue weighted by atomic mass is 10.2. The van der Waals surface area contributed by atoms with Crippen LogP contribution in [0.3, 0.4) is 0 Å².